The van der Waals surface area contributed by atoms with Gasteiger partial charge in [0.2, 0.25) is 0 Å². The SMILES string of the molecule is Cc1ccc2c(c1)N1CCNCC1CN2. The quantitative estimate of drug-likeness (QED) is 0.663. The Kier molecular flexibility index (Phi) is 2.06. The van der Waals surface area contributed by atoms with Gasteiger partial charge in [0.05, 0.1) is 17.4 Å². The van der Waals surface area contributed by atoms with Crippen LogP contribution in [0.5, 0.6) is 0 Å². The lowest BCUT2D eigenvalue weighted by Gasteiger charge is -2.42. The highest BCUT2D eigenvalue weighted by atomic mass is 15.3. The molecule has 0 bridgehead atoms. The van der Waals surface area contributed by atoms with Crippen molar-refractivity contribution in [3.63, 3.8) is 0 Å². The van der Waals surface area contributed by atoms with Crippen molar-refractivity contribution in [1.82, 2.24) is 5.32 Å². The Morgan fingerprint density at radius 3 is 3.20 bits per heavy atom. The second kappa shape index (κ2) is 3.42. The minimum absolute atomic E-state index is 0.619. The Hall–Kier alpha value is -1.22. The first-order valence-electron chi connectivity index (χ1n) is 5.66. The summed E-state index contributed by atoms with van der Waals surface area (Å²) in [6, 6.07) is 7.28. The Morgan fingerprint density at radius 1 is 1.33 bits per heavy atom. The van der Waals surface area contributed by atoms with Crippen LogP contribution in [0.3, 0.4) is 0 Å². The number of hydrogen-bond donors (Lipinski definition) is 2. The summed E-state index contributed by atoms with van der Waals surface area (Å²) in [7, 11) is 0. The molecule has 0 spiro atoms. The van der Waals surface area contributed by atoms with Crippen molar-refractivity contribution in [1.29, 1.82) is 0 Å². The highest BCUT2D eigenvalue weighted by molar-refractivity contribution is 5.73. The summed E-state index contributed by atoms with van der Waals surface area (Å²) in [5.74, 6) is 0. The zero-order chi connectivity index (χ0) is 10.3. The summed E-state index contributed by atoms with van der Waals surface area (Å²) in [6.45, 7) is 6.54. The Labute approximate surface area is 90.5 Å². The van der Waals surface area contributed by atoms with Crippen LogP contribution in [0.2, 0.25) is 0 Å². The lowest BCUT2D eigenvalue weighted by molar-refractivity contribution is 0.482. The second-order valence-electron chi connectivity index (χ2n) is 4.45. The molecule has 1 atom stereocenters. The Morgan fingerprint density at radius 2 is 2.27 bits per heavy atom. The maximum atomic E-state index is 3.51. The van der Waals surface area contributed by atoms with Gasteiger partial charge in [-0.1, -0.05) is 6.07 Å². The zero-order valence-electron chi connectivity index (χ0n) is 9.09. The van der Waals surface area contributed by atoms with Crippen molar-refractivity contribution in [3.8, 4) is 0 Å². The van der Waals surface area contributed by atoms with Crippen LogP contribution in [-0.2, 0) is 0 Å². The van der Waals surface area contributed by atoms with Gasteiger partial charge in [-0.3, -0.25) is 0 Å². The third kappa shape index (κ3) is 1.47. The third-order valence-corrected chi connectivity index (χ3v) is 3.34. The van der Waals surface area contributed by atoms with Gasteiger partial charge in [0.15, 0.2) is 0 Å². The Balaban J connectivity index is 2.01. The molecule has 3 heteroatoms. The number of benzene rings is 1. The maximum Gasteiger partial charge on any atom is 0.0608 e. The van der Waals surface area contributed by atoms with E-state index in [0.717, 1.165) is 26.2 Å². The topological polar surface area (TPSA) is 27.3 Å². The molecule has 80 valence electrons. The number of nitrogens with zero attached hydrogens (tertiary/aromatic N) is 1. The number of hydrogen-bond acceptors (Lipinski definition) is 3. The van der Waals surface area contributed by atoms with Gasteiger partial charge in [0, 0.05) is 26.2 Å². The highest BCUT2D eigenvalue weighted by Gasteiger charge is 2.27. The van der Waals surface area contributed by atoms with Gasteiger partial charge in [-0.2, -0.15) is 0 Å². The number of rotatable bonds is 0. The van der Waals surface area contributed by atoms with E-state index in [2.05, 4.69) is 40.7 Å². The predicted octanol–water partition coefficient (Wildman–Crippen LogP) is 1.20. The van der Waals surface area contributed by atoms with Crippen molar-refractivity contribution in [2.24, 2.45) is 0 Å². The highest BCUT2D eigenvalue weighted by Crippen LogP contribution is 2.32. The predicted molar refractivity (Wildman–Crippen MR) is 63.7 cm³/mol. The summed E-state index contributed by atoms with van der Waals surface area (Å²) in [5, 5.41) is 6.96. The lowest BCUT2D eigenvalue weighted by atomic mass is 10.1. The molecule has 2 heterocycles. The van der Waals surface area contributed by atoms with Crippen molar-refractivity contribution in [2.75, 3.05) is 36.4 Å². The van der Waals surface area contributed by atoms with Gasteiger partial charge in [-0.25, -0.2) is 0 Å². The average molecular weight is 203 g/mol. The summed E-state index contributed by atoms with van der Waals surface area (Å²) >= 11 is 0. The molecule has 15 heavy (non-hydrogen) atoms. The fourth-order valence-electron chi connectivity index (χ4n) is 2.52. The van der Waals surface area contributed by atoms with Crippen LogP contribution in [-0.4, -0.2) is 32.2 Å². The molecule has 1 aromatic rings. The van der Waals surface area contributed by atoms with E-state index < -0.39 is 0 Å². The summed E-state index contributed by atoms with van der Waals surface area (Å²) in [6.07, 6.45) is 0. The molecule has 2 aliphatic rings. The van der Waals surface area contributed by atoms with Crippen LogP contribution in [0.4, 0.5) is 11.4 Å². The van der Waals surface area contributed by atoms with Gasteiger partial charge < -0.3 is 15.5 Å². The number of piperazine rings is 1. The van der Waals surface area contributed by atoms with E-state index in [9.17, 15) is 0 Å². The minimum atomic E-state index is 0.619. The number of anilines is 2. The van der Waals surface area contributed by atoms with E-state index in [1.807, 2.05) is 0 Å². The molecule has 3 nitrogen and oxygen atoms in total. The molecule has 1 saturated heterocycles. The van der Waals surface area contributed by atoms with Gasteiger partial charge in [0.1, 0.15) is 0 Å². The monoisotopic (exact) mass is 203 g/mol. The van der Waals surface area contributed by atoms with Gasteiger partial charge >= 0.3 is 0 Å². The largest absolute Gasteiger partial charge is 0.381 e. The number of aryl methyl sites for hydroxylation is 1. The fraction of sp³-hybridized carbons (Fsp3) is 0.500. The first-order chi connectivity index (χ1) is 7.34. The smallest absolute Gasteiger partial charge is 0.0608 e. The van der Waals surface area contributed by atoms with E-state index >= 15 is 0 Å². The van der Waals surface area contributed by atoms with Gasteiger partial charge in [-0.05, 0) is 24.6 Å². The summed E-state index contributed by atoms with van der Waals surface area (Å²) in [5.41, 5.74) is 4.02. The second-order valence-corrected chi connectivity index (χ2v) is 4.45. The lowest BCUT2D eigenvalue weighted by Crippen LogP contribution is -2.56. The number of nitrogens with one attached hydrogen (secondary N) is 2. The van der Waals surface area contributed by atoms with Crippen LogP contribution < -0.4 is 15.5 Å². The van der Waals surface area contributed by atoms with Crippen molar-refractivity contribution in [2.45, 2.75) is 13.0 Å². The minimum Gasteiger partial charge on any atom is -0.381 e. The molecule has 1 unspecified atom stereocenters. The normalized spacial score (nSPS) is 24.1. The summed E-state index contributed by atoms with van der Waals surface area (Å²) in [4.78, 5) is 2.54. The van der Waals surface area contributed by atoms with Crippen LogP contribution in [0.1, 0.15) is 5.56 Å². The summed E-state index contributed by atoms with van der Waals surface area (Å²) < 4.78 is 0. The van der Waals surface area contributed by atoms with Crippen LogP contribution in [0, 0.1) is 6.92 Å². The molecule has 1 fully saturated rings. The van der Waals surface area contributed by atoms with Crippen LogP contribution >= 0.6 is 0 Å². The molecule has 2 N–H and O–H groups in total. The third-order valence-electron chi connectivity index (χ3n) is 3.34. The first kappa shape index (κ1) is 9.04. The molecule has 3 rings (SSSR count). The fourth-order valence-corrected chi connectivity index (χ4v) is 2.52. The first-order valence-corrected chi connectivity index (χ1v) is 5.66. The average Bonchev–Trinajstić information content (AvgIpc) is 2.29. The number of fused-ring (bicyclic) bond motifs is 3. The van der Waals surface area contributed by atoms with Crippen LogP contribution in [0.15, 0.2) is 18.2 Å². The zero-order valence-corrected chi connectivity index (χ0v) is 9.09. The molecule has 0 aromatic heterocycles. The molecule has 0 saturated carbocycles. The van der Waals surface area contributed by atoms with E-state index in [4.69, 9.17) is 0 Å². The van der Waals surface area contributed by atoms with Crippen molar-refractivity contribution >= 4 is 11.4 Å². The molecule has 0 radical (unpaired) electrons. The van der Waals surface area contributed by atoms with E-state index in [0.29, 0.717) is 6.04 Å². The molecule has 0 aliphatic carbocycles. The van der Waals surface area contributed by atoms with E-state index in [1.54, 1.807) is 0 Å². The molecule has 0 amide bonds. The maximum absolute atomic E-state index is 3.51. The standard InChI is InChI=1S/C12H17N3/c1-9-2-3-11-12(6-9)15-5-4-13-7-10(15)8-14-11/h2-3,6,10,13-14H,4-5,7-8H2,1H3. The van der Waals surface area contributed by atoms with Crippen molar-refractivity contribution in [3.05, 3.63) is 23.8 Å². The molecule has 1 aromatic carbocycles. The molecular weight excluding hydrogens is 186 g/mol. The van der Waals surface area contributed by atoms with Gasteiger partial charge in [0.25, 0.3) is 0 Å². The van der Waals surface area contributed by atoms with E-state index in [1.165, 1.54) is 16.9 Å². The molecule has 2 aliphatic heterocycles. The molecular formula is C12H17N3. The van der Waals surface area contributed by atoms with E-state index in [-0.39, 0.29) is 0 Å². The van der Waals surface area contributed by atoms with Crippen molar-refractivity contribution < 1.29 is 0 Å². The van der Waals surface area contributed by atoms with Crippen LogP contribution in [0.25, 0.3) is 0 Å². The van der Waals surface area contributed by atoms with Gasteiger partial charge in [-0.15, -0.1) is 0 Å². The Bertz CT molecular complexity index is 375.